The van der Waals surface area contributed by atoms with Gasteiger partial charge in [0.15, 0.2) is 10.7 Å². The summed E-state index contributed by atoms with van der Waals surface area (Å²) in [7, 11) is 0. The normalized spacial score (nSPS) is 15.9. The van der Waals surface area contributed by atoms with E-state index in [1.807, 2.05) is 0 Å². The summed E-state index contributed by atoms with van der Waals surface area (Å²) in [6.07, 6.45) is -3.29. The summed E-state index contributed by atoms with van der Waals surface area (Å²) in [5, 5.41) is -0.227. The van der Waals surface area contributed by atoms with Gasteiger partial charge in [-0.15, -0.1) is 4.72 Å². The van der Waals surface area contributed by atoms with Crippen LogP contribution in [0.25, 0.3) is 0 Å². The van der Waals surface area contributed by atoms with E-state index in [0.717, 1.165) is 17.8 Å². The Labute approximate surface area is 162 Å². The van der Waals surface area contributed by atoms with Crippen LogP contribution >= 0.6 is 27.7 Å². The first kappa shape index (κ1) is 22.8. The Balaban J connectivity index is 3.39. The van der Waals surface area contributed by atoms with Crippen molar-refractivity contribution in [3.63, 3.8) is 0 Å². The highest BCUT2D eigenvalue weighted by molar-refractivity contribution is 9.10. The van der Waals surface area contributed by atoms with Crippen molar-refractivity contribution in [2.45, 2.75) is 50.8 Å². The molecule has 0 spiro atoms. The van der Waals surface area contributed by atoms with Gasteiger partial charge in [0.2, 0.25) is 0 Å². The van der Waals surface area contributed by atoms with E-state index in [0.29, 0.717) is 4.47 Å². The number of hydrogen-bond acceptors (Lipinski definition) is 4. The van der Waals surface area contributed by atoms with Gasteiger partial charge in [0.1, 0.15) is 10.6 Å². The summed E-state index contributed by atoms with van der Waals surface area (Å²) in [5.74, 6) is -0.783. The Hall–Kier alpha value is -0.220. The van der Waals surface area contributed by atoms with Gasteiger partial charge in [0, 0.05) is 34.1 Å². The van der Waals surface area contributed by atoms with Crippen molar-refractivity contribution in [2.75, 3.05) is 5.75 Å². The molecule has 1 rings (SSSR count). The third-order valence-electron chi connectivity index (χ3n) is 3.41. The molecule has 9 heteroatoms. The molecule has 0 amide bonds. The maximum Gasteiger partial charge on any atom is 0.265 e. The molecule has 1 unspecified atom stereocenters. The lowest BCUT2D eigenvalue weighted by atomic mass is 9.88. The minimum absolute atomic E-state index is 0.0416. The monoisotopic (exact) mass is 459 g/mol. The molecule has 142 valence electrons. The number of carbonyl (C=O) groups is 1. The van der Waals surface area contributed by atoms with Crippen LogP contribution in [0.1, 0.15) is 39.7 Å². The zero-order chi connectivity index (χ0) is 19.4. The molecule has 1 N–H and O–H groups in total. The molecule has 1 aromatic carbocycles. The maximum atomic E-state index is 14.4. The SMILES string of the molecule is CC(=O)SCC[C@](N[S+]([O-])C(C)(C)C)(c1cc(Br)ccc1F)C(F)F. The summed E-state index contributed by atoms with van der Waals surface area (Å²) in [4.78, 5) is 11.2. The number of thioether (sulfide) groups is 1. The van der Waals surface area contributed by atoms with Crippen molar-refractivity contribution in [3.05, 3.63) is 34.1 Å². The van der Waals surface area contributed by atoms with Crippen molar-refractivity contribution >= 4 is 44.2 Å². The molecule has 3 nitrogen and oxygen atoms in total. The summed E-state index contributed by atoms with van der Waals surface area (Å²) in [6, 6.07) is 3.74. The zero-order valence-electron chi connectivity index (χ0n) is 14.4. The fraction of sp³-hybridized carbons (Fsp3) is 0.562. The third kappa shape index (κ3) is 6.16. The number of carbonyl (C=O) groups excluding carboxylic acids is 1. The molecule has 1 aromatic rings. The lowest BCUT2D eigenvalue weighted by Gasteiger charge is -2.37. The average molecular weight is 460 g/mol. The zero-order valence-corrected chi connectivity index (χ0v) is 17.6. The van der Waals surface area contributed by atoms with Gasteiger partial charge in [-0.05, 0) is 45.4 Å². The molecule has 0 bridgehead atoms. The van der Waals surface area contributed by atoms with Gasteiger partial charge in [0.25, 0.3) is 6.43 Å². The topological polar surface area (TPSA) is 52.2 Å². The molecule has 0 fully saturated rings. The van der Waals surface area contributed by atoms with Crippen LogP contribution < -0.4 is 4.72 Å². The number of rotatable bonds is 7. The third-order valence-corrected chi connectivity index (χ3v) is 6.38. The van der Waals surface area contributed by atoms with Crippen LogP contribution in [0.15, 0.2) is 22.7 Å². The van der Waals surface area contributed by atoms with Crippen molar-refractivity contribution in [3.8, 4) is 0 Å². The molecule has 0 saturated carbocycles. The molecule has 0 aliphatic heterocycles. The first-order chi connectivity index (χ1) is 11.4. The highest BCUT2D eigenvalue weighted by Crippen LogP contribution is 2.38. The minimum atomic E-state index is -3.03. The molecule has 0 heterocycles. The molecular formula is C16H21BrF3NO2S2. The standard InChI is InChI=1S/C16H21BrF3NO2S2/c1-10(22)24-8-7-16(14(19)20,21-25(23)15(2,3)4)12-9-11(17)5-6-13(12)18/h5-6,9,14,21H,7-8H2,1-4H3/t16-,25?/m0/s1. The van der Waals surface area contributed by atoms with E-state index < -0.39 is 33.9 Å². The van der Waals surface area contributed by atoms with Crippen molar-refractivity contribution < 1.29 is 22.5 Å². The predicted octanol–water partition coefficient (Wildman–Crippen LogP) is 4.77. The van der Waals surface area contributed by atoms with Crippen molar-refractivity contribution in [1.29, 1.82) is 0 Å². The van der Waals surface area contributed by atoms with E-state index in [1.165, 1.54) is 19.1 Å². The Morgan fingerprint density at radius 2 is 2.00 bits per heavy atom. The largest absolute Gasteiger partial charge is 0.598 e. The van der Waals surface area contributed by atoms with Gasteiger partial charge in [-0.3, -0.25) is 4.79 Å². The van der Waals surface area contributed by atoms with E-state index in [1.54, 1.807) is 20.8 Å². The lowest BCUT2D eigenvalue weighted by Crippen LogP contribution is -2.56. The highest BCUT2D eigenvalue weighted by atomic mass is 79.9. The van der Waals surface area contributed by atoms with Crippen LogP contribution in [-0.4, -0.2) is 26.6 Å². The second-order valence-corrected chi connectivity index (χ2v) is 10.6. The van der Waals surface area contributed by atoms with Crippen molar-refractivity contribution in [2.24, 2.45) is 0 Å². The van der Waals surface area contributed by atoms with Gasteiger partial charge >= 0.3 is 0 Å². The van der Waals surface area contributed by atoms with Crippen LogP contribution in [0.2, 0.25) is 0 Å². The Bertz CT molecular complexity index is 614. The molecule has 0 aliphatic rings. The second-order valence-electron chi connectivity index (χ2n) is 6.47. The molecular weight excluding hydrogens is 439 g/mol. The first-order valence-electron chi connectivity index (χ1n) is 7.47. The van der Waals surface area contributed by atoms with Crippen LogP contribution in [0.4, 0.5) is 13.2 Å². The summed E-state index contributed by atoms with van der Waals surface area (Å²) in [5.41, 5.74) is -2.45. The van der Waals surface area contributed by atoms with E-state index >= 15 is 0 Å². The minimum Gasteiger partial charge on any atom is -0.598 e. The van der Waals surface area contributed by atoms with Crippen LogP contribution in [0, 0.1) is 5.82 Å². The van der Waals surface area contributed by atoms with E-state index in [4.69, 9.17) is 0 Å². The fourth-order valence-corrected chi connectivity index (χ4v) is 4.04. The number of benzene rings is 1. The number of halogens is 4. The number of alkyl halides is 2. The molecule has 0 aliphatic carbocycles. The van der Waals surface area contributed by atoms with Crippen LogP contribution in [0.5, 0.6) is 0 Å². The molecule has 2 atom stereocenters. The lowest BCUT2D eigenvalue weighted by molar-refractivity contribution is -0.109. The summed E-state index contributed by atoms with van der Waals surface area (Å²) < 4.78 is 57.3. The predicted molar refractivity (Wildman–Crippen MR) is 101 cm³/mol. The first-order valence-corrected chi connectivity index (χ1v) is 10.4. The molecule has 0 radical (unpaired) electrons. The fourth-order valence-electron chi connectivity index (χ4n) is 2.03. The van der Waals surface area contributed by atoms with Crippen molar-refractivity contribution in [1.82, 2.24) is 4.72 Å². The van der Waals surface area contributed by atoms with Crippen LogP contribution in [0.3, 0.4) is 0 Å². The van der Waals surface area contributed by atoms with E-state index in [9.17, 15) is 22.5 Å². The van der Waals surface area contributed by atoms with E-state index in [-0.39, 0.29) is 22.9 Å². The molecule has 0 aromatic heterocycles. The van der Waals surface area contributed by atoms with Crippen LogP contribution in [-0.2, 0) is 21.7 Å². The van der Waals surface area contributed by atoms with Gasteiger partial charge in [0.05, 0.1) is 0 Å². The Morgan fingerprint density at radius 1 is 1.40 bits per heavy atom. The summed E-state index contributed by atoms with van der Waals surface area (Å²) >= 11 is 2.17. The molecule has 0 saturated heterocycles. The number of nitrogens with one attached hydrogen (secondary N) is 1. The maximum absolute atomic E-state index is 14.4. The summed E-state index contributed by atoms with van der Waals surface area (Å²) in [6.45, 7) is 6.23. The van der Waals surface area contributed by atoms with Gasteiger partial charge in [-0.1, -0.05) is 27.7 Å². The quantitative estimate of drug-likeness (QED) is 0.596. The second kappa shape index (κ2) is 9.12. The highest BCUT2D eigenvalue weighted by Gasteiger charge is 2.49. The smallest absolute Gasteiger partial charge is 0.265 e. The molecule has 25 heavy (non-hydrogen) atoms. The number of hydrogen-bond donors (Lipinski definition) is 1. The van der Waals surface area contributed by atoms with Gasteiger partial charge in [-0.25, -0.2) is 13.2 Å². The Morgan fingerprint density at radius 3 is 2.48 bits per heavy atom. The van der Waals surface area contributed by atoms with Gasteiger partial charge < -0.3 is 4.55 Å². The van der Waals surface area contributed by atoms with Gasteiger partial charge in [-0.2, -0.15) is 0 Å². The Kier molecular flexibility index (Phi) is 8.33. The van der Waals surface area contributed by atoms with E-state index in [2.05, 4.69) is 20.7 Å². The average Bonchev–Trinajstić information content (AvgIpc) is 2.47.